The van der Waals surface area contributed by atoms with Gasteiger partial charge in [0, 0.05) is 17.2 Å². The zero-order valence-corrected chi connectivity index (χ0v) is 11.5. The van der Waals surface area contributed by atoms with E-state index in [1.165, 1.54) is 12.1 Å². The molecule has 6 heteroatoms. The third-order valence-corrected chi connectivity index (χ3v) is 3.25. The van der Waals surface area contributed by atoms with Crippen molar-refractivity contribution in [1.29, 1.82) is 0 Å². The van der Waals surface area contributed by atoms with Crippen molar-refractivity contribution in [2.45, 2.75) is 0 Å². The van der Waals surface area contributed by atoms with Crippen molar-refractivity contribution in [2.75, 3.05) is 0 Å². The van der Waals surface area contributed by atoms with Gasteiger partial charge in [-0.15, -0.1) is 0 Å². The maximum absolute atomic E-state index is 10.7. The van der Waals surface area contributed by atoms with Crippen molar-refractivity contribution in [3.05, 3.63) is 69.0 Å². The lowest BCUT2D eigenvalue weighted by molar-refractivity contribution is -0.384. The Balaban J connectivity index is 1.90. The average Bonchev–Trinajstić information content (AvgIpc) is 2.88. The molecule has 0 saturated heterocycles. The maximum Gasteiger partial charge on any atom is 0.271 e. The van der Waals surface area contributed by atoms with E-state index in [0.29, 0.717) is 21.9 Å². The molecule has 0 aliphatic carbocycles. The summed E-state index contributed by atoms with van der Waals surface area (Å²) in [5.41, 5.74) is 2.36. The van der Waals surface area contributed by atoms with Crippen LogP contribution < -0.4 is 0 Å². The number of benzene rings is 2. The number of nitro groups is 1. The Morgan fingerprint density at radius 1 is 1.14 bits per heavy atom. The van der Waals surface area contributed by atoms with Gasteiger partial charge in [-0.2, -0.15) is 0 Å². The summed E-state index contributed by atoms with van der Waals surface area (Å²) < 4.78 is 0. The molecule has 0 amide bonds. The Labute approximate surface area is 125 Å². The standard InChI is InChI=1S/C15H10ClN3O2/c16-11-4-1-10(2-5-11)3-8-15-17-13-7-6-12(19(20)21)9-14(13)18-15/h1-9H,(H,17,18)/b8-3+. The van der Waals surface area contributed by atoms with Gasteiger partial charge in [-0.05, 0) is 29.8 Å². The third kappa shape index (κ3) is 2.93. The first-order valence-corrected chi connectivity index (χ1v) is 6.57. The molecule has 3 aromatic rings. The second-order valence-electron chi connectivity index (χ2n) is 4.47. The number of H-pyrrole nitrogens is 1. The van der Waals surface area contributed by atoms with Gasteiger partial charge in [0.15, 0.2) is 0 Å². The number of halogens is 1. The van der Waals surface area contributed by atoms with E-state index in [0.717, 1.165) is 5.56 Å². The second-order valence-corrected chi connectivity index (χ2v) is 4.90. The average molecular weight is 300 g/mol. The molecule has 0 aliphatic heterocycles. The molecular formula is C15H10ClN3O2. The summed E-state index contributed by atoms with van der Waals surface area (Å²) in [6.07, 6.45) is 3.71. The first-order valence-electron chi connectivity index (χ1n) is 6.20. The Morgan fingerprint density at radius 3 is 2.62 bits per heavy atom. The zero-order chi connectivity index (χ0) is 14.8. The quantitative estimate of drug-likeness (QED) is 0.579. The van der Waals surface area contributed by atoms with E-state index in [1.54, 1.807) is 6.07 Å². The van der Waals surface area contributed by atoms with Crippen LogP contribution in [0.1, 0.15) is 11.4 Å². The molecule has 0 unspecified atom stereocenters. The SMILES string of the molecule is O=[N+]([O-])c1ccc2nc(/C=C/c3ccc(Cl)cc3)[nH]c2c1. The fourth-order valence-corrected chi connectivity index (χ4v) is 2.08. The van der Waals surface area contributed by atoms with E-state index >= 15 is 0 Å². The predicted molar refractivity (Wildman–Crippen MR) is 83.1 cm³/mol. The molecule has 104 valence electrons. The Bertz CT molecular complexity index is 838. The van der Waals surface area contributed by atoms with E-state index in [1.807, 2.05) is 36.4 Å². The van der Waals surface area contributed by atoms with Crippen molar-refractivity contribution in [3.63, 3.8) is 0 Å². The maximum atomic E-state index is 10.7. The molecular weight excluding hydrogens is 290 g/mol. The first-order chi connectivity index (χ1) is 10.1. The number of non-ortho nitro benzene ring substituents is 1. The molecule has 21 heavy (non-hydrogen) atoms. The summed E-state index contributed by atoms with van der Waals surface area (Å²) in [4.78, 5) is 17.7. The summed E-state index contributed by atoms with van der Waals surface area (Å²) in [6.45, 7) is 0. The Morgan fingerprint density at radius 2 is 1.90 bits per heavy atom. The van der Waals surface area contributed by atoms with Crippen LogP contribution in [0.15, 0.2) is 42.5 Å². The number of hydrogen-bond donors (Lipinski definition) is 1. The predicted octanol–water partition coefficient (Wildman–Crippen LogP) is 4.29. The number of aromatic nitrogens is 2. The van der Waals surface area contributed by atoms with Crippen LogP contribution in [-0.2, 0) is 0 Å². The van der Waals surface area contributed by atoms with Crippen molar-refractivity contribution in [3.8, 4) is 0 Å². The highest BCUT2D eigenvalue weighted by atomic mass is 35.5. The van der Waals surface area contributed by atoms with Crippen molar-refractivity contribution in [2.24, 2.45) is 0 Å². The lowest BCUT2D eigenvalue weighted by Crippen LogP contribution is -1.86. The normalized spacial score (nSPS) is 11.3. The highest BCUT2D eigenvalue weighted by Gasteiger charge is 2.08. The van der Waals surface area contributed by atoms with E-state index in [4.69, 9.17) is 11.6 Å². The van der Waals surface area contributed by atoms with Crippen LogP contribution in [0.25, 0.3) is 23.2 Å². The number of nitrogens with zero attached hydrogens (tertiary/aromatic N) is 2. The van der Waals surface area contributed by atoms with Gasteiger partial charge in [0.25, 0.3) is 5.69 Å². The van der Waals surface area contributed by atoms with Crippen molar-refractivity contribution < 1.29 is 4.92 Å². The first kappa shape index (κ1) is 13.3. The van der Waals surface area contributed by atoms with Gasteiger partial charge in [-0.1, -0.05) is 29.8 Å². The molecule has 5 nitrogen and oxygen atoms in total. The fraction of sp³-hybridized carbons (Fsp3) is 0. The largest absolute Gasteiger partial charge is 0.338 e. The summed E-state index contributed by atoms with van der Waals surface area (Å²) in [6, 6.07) is 12.0. The highest BCUT2D eigenvalue weighted by molar-refractivity contribution is 6.30. The monoisotopic (exact) mass is 299 g/mol. The highest BCUT2D eigenvalue weighted by Crippen LogP contribution is 2.20. The van der Waals surface area contributed by atoms with Crippen molar-refractivity contribution >= 4 is 40.5 Å². The topological polar surface area (TPSA) is 71.8 Å². The second kappa shape index (κ2) is 5.38. The molecule has 0 spiro atoms. The molecule has 0 fully saturated rings. The lowest BCUT2D eigenvalue weighted by Gasteiger charge is -1.92. The number of rotatable bonds is 3. The minimum atomic E-state index is -0.427. The van der Waals surface area contributed by atoms with Gasteiger partial charge in [-0.3, -0.25) is 10.1 Å². The van der Waals surface area contributed by atoms with E-state index in [-0.39, 0.29) is 5.69 Å². The van der Waals surface area contributed by atoms with Crippen LogP contribution in [0.5, 0.6) is 0 Å². The smallest absolute Gasteiger partial charge is 0.271 e. The van der Waals surface area contributed by atoms with Gasteiger partial charge in [0.1, 0.15) is 5.82 Å². The minimum Gasteiger partial charge on any atom is -0.338 e. The number of hydrogen-bond acceptors (Lipinski definition) is 3. The number of aromatic amines is 1. The fourth-order valence-electron chi connectivity index (χ4n) is 1.96. The molecule has 2 aromatic carbocycles. The van der Waals surface area contributed by atoms with E-state index < -0.39 is 4.92 Å². The lowest BCUT2D eigenvalue weighted by atomic mass is 10.2. The number of fused-ring (bicyclic) bond motifs is 1. The molecule has 0 aliphatic rings. The molecule has 1 aromatic heterocycles. The van der Waals surface area contributed by atoms with Gasteiger partial charge in [0.05, 0.1) is 16.0 Å². The van der Waals surface area contributed by atoms with Gasteiger partial charge < -0.3 is 4.98 Å². The minimum absolute atomic E-state index is 0.0411. The summed E-state index contributed by atoms with van der Waals surface area (Å²) in [7, 11) is 0. The van der Waals surface area contributed by atoms with Crippen molar-refractivity contribution in [1.82, 2.24) is 9.97 Å². The molecule has 3 rings (SSSR count). The Hall–Kier alpha value is -2.66. The Kier molecular flexibility index (Phi) is 3.41. The zero-order valence-electron chi connectivity index (χ0n) is 10.8. The van der Waals surface area contributed by atoms with Crippen LogP contribution in [0.4, 0.5) is 5.69 Å². The molecule has 0 atom stereocenters. The molecule has 1 heterocycles. The van der Waals surface area contributed by atoms with Crippen LogP contribution in [-0.4, -0.2) is 14.9 Å². The molecule has 0 bridgehead atoms. The van der Waals surface area contributed by atoms with Gasteiger partial charge >= 0.3 is 0 Å². The third-order valence-electron chi connectivity index (χ3n) is 3.00. The number of imidazole rings is 1. The van der Waals surface area contributed by atoms with Crippen LogP contribution in [0.2, 0.25) is 5.02 Å². The number of nitro benzene ring substituents is 1. The van der Waals surface area contributed by atoms with Gasteiger partial charge in [-0.25, -0.2) is 4.98 Å². The molecule has 0 saturated carbocycles. The summed E-state index contributed by atoms with van der Waals surface area (Å²) >= 11 is 5.82. The molecule has 1 N–H and O–H groups in total. The van der Waals surface area contributed by atoms with Gasteiger partial charge in [0.2, 0.25) is 0 Å². The van der Waals surface area contributed by atoms with Crippen LogP contribution >= 0.6 is 11.6 Å². The summed E-state index contributed by atoms with van der Waals surface area (Å²) in [5.74, 6) is 0.639. The van der Waals surface area contributed by atoms with E-state index in [9.17, 15) is 10.1 Å². The number of nitrogens with one attached hydrogen (secondary N) is 1. The van der Waals surface area contributed by atoms with E-state index in [2.05, 4.69) is 9.97 Å². The summed E-state index contributed by atoms with van der Waals surface area (Å²) in [5, 5.41) is 11.4. The molecule has 0 radical (unpaired) electrons. The van der Waals surface area contributed by atoms with Crippen LogP contribution in [0.3, 0.4) is 0 Å². The van der Waals surface area contributed by atoms with Crippen LogP contribution in [0, 0.1) is 10.1 Å².